The Morgan fingerprint density at radius 2 is 2.29 bits per heavy atom. The van der Waals surface area contributed by atoms with Crippen molar-refractivity contribution in [2.24, 2.45) is 0 Å². The predicted octanol–water partition coefficient (Wildman–Crippen LogP) is 0.147. The average molecular weight is 199 g/mol. The minimum atomic E-state index is -0.455. The minimum Gasteiger partial charge on any atom is -0.391 e. The summed E-state index contributed by atoms with van der Waals surface area (Å²) >= 11 is 0. The second-order valence-electron chi connectivity index (χ2n) is 4.23. The molecule has 1 amide bonds. The van der Waals surface area contributed by atoms with Gasteiger partial charge in [-0.15, -0.1) is 0 Å². The van der Waals surface area contributed by atoms with Crippen molar-refractivity contribution in [3.05, 3.63) is 0 Å². The van der Waals surface area contributed by atoms with Crippen LogP contribution in [0.2, 0.25) is 0 Å². The van der Waals surface area contributed by atoms with Crippen molar-refractivity contribution in [3.63, 3.8) is 0 Å². The maximum Gasteiger partial charge on any atom is 0.225 e. The summed E-state index contributed by atoms with van der Waals surface area (Å²) in [6.45, 7) is 0.514. The van der Waals surface area contributed by atoms with E-state index in [0.717, 1.165) is 19.3 Å². The zero-order valence-electron chi connectivity index (χ0n) is 8.48. The first-order valence-corrected chi connectivity index (χ1v) is 5.21. The maximum absolute atomic E-state index is 11.5. The van der Waals surface area contributed by atoms with Gasteiger partial charge in [-0.3, -0.25) is 4.79 Å². The Morgan fingerprint density at radius 3 is 2.79 bits per heavy atom. The summed E-state index contributed by atoms with van der Waals surface area (Å²) in [6, 6.07) is 0.296. The van der Waals surface area contributed by atoms with E-state index in [1.165, 1.54) is 0 Å². The minimum absolute atomic E-state index is 0.0965. The number of amides is 1. The molecule has 80 valence electrons. The van der Waals surface area contributed by atoms with Crippen LogP contribution in [0.25, 0.3) is 0 Å². The summed E-state index contributed by atoms with van der Waals surface area (Å²) in [6.07, 6.45) is 3.11. The van der Waals surface area contributed by atoms with Crippen LogP contribution >= 0.6 is 0 Å². The lowest BCUT2D eigenvalue weighted by atomic mass is 10.2. The van der Waals surface area contributed by atoms with E-state index in [9.17, 15) is 9.90 Å². The summed E-state index contributed by atoms with van der Waals surface area (Å²) in [4.78, 5) is 13.3. The lowest BCUT2D eigenvalue weighted by molar-refractivity contribution is -0.129. The van der Waals surface area contributed by atoms with Crippen molar-refractivity contribution >= 4 is 5.91 Å². The van der Waals surface area contributed by atoms with Crippen LogP contribution in [-0.2, 0) is 9.53 Å². The molecule has 2 fully saturated rings. The van der Waals surface area contributed by atoms with Crippen LogP contribution in [0.4, 0.5) is 0 Å². The molecule has 0 spiro atoms. The van der Waals surface area contributed by atoms with Gasteiger partial charge in [0.05, 0.1) is 18.6 Å². The second kappa shape index (κ2) is 3.87. The molecule has 0 aromatic carbocycles. The summed E-state index contributed by atoms with van der Waals surface area (Å²) < 4.78 is 5.26. The van der Waals surface area contributed by atoms with Crippen LogP contribution in [0.15, 0.2) is 0 Å². The van der Waals surface area contributed by atoms with Crippen molar-refractivity contribution in [1.82, 2.24) is 4.90 Å². The SMILES string of the molecule is COC1CCC(N2CC(O)CC2=O)C1. The highest BCUT2D eigenvalue weighted by Crippen LogP contribution is 2.29. The van der Waals surface area contributed by atoms with Crippen LogP contribution in [0.1, 0.15) is 25.7 Å². The van der Waals surface area contributed by atoms with Crippen molar-refractivity contribution in [1.29, 1.82) is 0 Å². The molecular formula is C10H17NO3. The summed E-state index contributed by atoms with van der Waals surface area (Å²) in [7, 11) is 1.72. The predicted molar refractivity (Wildman–Crippen MR) is 50.8 cm³/mol. The van der Waals surface area contributed by atoms with Crippen LogP contribution in [0, 0.1) is 0 Å². The van der Waals surface area contributed by atoms with Gasteiger partial charge in [-0.05, 0) is 19.3 Å². The monoisotopic (exact) mass is 199 g/mol. The normalized spacial score (nSPS) is 38.3. The molecule has 1 saturated carbocycles. The highest BCUT2D eigenvalue weighted by molar-refractivity contribution is 5.79. The van der Waals surface area contributed by atoms with E-state index in [-0.39, 0.29) is 5.91 Å². The van der Waals surface area contributed by atoms with Crippen molar-refractivity contribution in [2.75, 3.05) is 13.7 Å². The van der Waals surface area contributed by atoms with Gasteiger partial charge in [0.15, 0.2) is 0 Å². The van der Waals surface area contributed by atoms with E-state index >= 15 is 0 Å². The third-order valence-corrected chi connectivity index (χ3v) is 3.27. The highest BCUT2D eigenvalue weighted by atomic mass is 16.5. The number of carbonyl (C=O) groups is 1. The molecule has 0 bridgehead atoms. The molecule has 3 atom stereocenters. The van der Waals surface area contributed by atoms with E-state index in [4.69, 9.17) is 4.74 Å². The van der Waals surface area contributed by atoms with Gasteiger partial charge < -0.3 is 14.7 Å². The summed E-state index contributed by atoms with van der Waals surface area (Å²) in [5, 5.41) is 9.36. The quantitative estimate of drug-likeness (QED) is 0.688. The molecule has 4 heteroatoms. The standard InChI is InChI=1S/C10H17NO3/c1-14-9-3-2-7(4-9)11-6-8(12)5-10(11)13/h7-9,12H,2-6H2,1H3. The number of hydrogen-bond acceptors (Lipinski definition) is 3. The van der Waals surface area contributed by atoms with E-state index in [0.29, 0.717) is 25.1 Å². The lowest BCUT2D eigenvalue weighted by Crippen LogP contribution is -2.35. The molecule has 1 aliphatic heterocycles. The molecule has 4 nitrogen and oxygen atoms in total. The van der Waals surface area contributed by atoms with Gasteiger partial charge in [0, 0.05) is 19.7 Å². The molecule has 1 heterocycles. The van der Waals surface area contributed by atoms with Crippen LogP contribution in [0.3, 0.4) is 0 Å². The van der Waals surface area contributed by atoms with Gasteiger partial charge in [0.25, 0.3) is 0 Å². The van der Waals surface area contributed by atoms with Crippen molar-refractivity contribution < 1.29 is 14.6 Å². The number of hydrogen-bond donors (Lipinski definition) is 1. The molecular weight excluding hydrogens is 182 g/mol. The van der Waals surface area contributed by atoms with E-state index in [1.54, 1.807) is 7.11 Å². The molecule has 0 radical (unpaired) electrons. The zero-order valence-corrected chi connectivity index (χ0v) is 8.48. The van der Waals surface area contributed by atoms with Crippen molar-refractivity contribution in [3.8, 4) is 0 Å². The van der Waals surface area contributed by atoms with Crippen LogP contribution < -0.4 is 0 Å². The van der Waals surface area contributed by atoms with E-state index in [2.05, 4.69) is 0 Å². The Labute approximate surface area is 83.8 Å². The zero-order chi connectivity index (χ0) is 10.1. The van der Waals surface area contributed by atoms with Crippen LogP contribution in [0.5, 0.6) is 0 Å². The maximum atomic E-state index is 11.5. The molecule has 14 heavy (non-hydrogen) atoms. The first kappa shape index (κ1) is 9.93. The average Bonchev–Trinajstić information content (AvgIpc) is 2.71. The Bertz CT molecular complexity index is 231. The Kier molecular flexibility index (Phi) is 2.74. The largest absolute Gasteiger partial charge is 0.391 e. The third kappa shape index (κ3) is 1.77. The highest BCUT2D eigenvalue weighted by Gasteiger charge is 2.37. The molecule has 2 rings (SSSR count). The number of β-amino-alcohol motifs (C(OH)–C–C–N with tert-alkyl or cyclic N) is 1. The Balaban J connectivity index is 1.93. The number of methoxy groups -OCH3 is 1. The van der Waals surface area contributed by atoms with Gasteiger partial charge in [-0.1, -0.05) is 0 Å². The van der Waals surface area contributed by atoms with Gasteiger partial charge in [0.2, 0.25) is 5.91 Å². The van der Waals surface area contributed by atoms with Gasteiger partial charge in [0.1, 0.15) is 0 Å². The molecule has 1 aliphatic carbocycles. The number of aliphatic hydroxyl groups excluding tert-OH is 1. The number of nitrogens with zero attached hydrogens (tertiary/aromatic N) is 1. The molecule has 3 unspecified atom stereocenters. The molecule has 0 aromatic heterocycles. The fraction of sp³-hybridized carbons (Fsp3) is 0.900. The second-order valence-corrected chi connectivity index (χ2v) is 4.23. The summed E-state index contributed by atoms with van der Waals surface area (Å²) in [5.74, 6) is 0.0965. The number of carbonyl (C=O) groups excluding carboxylic acids is 1. The molecule has 0 aromatic rings. The molecule has 2 aliphatic rings. The van der Waals surface area contributed by atoms with Gasteiger partial charge in [-0.25, -0.2) is 0 Å². The number of aliphatic hydroxyl groups is 1. The molecule has 1 N–H and O–H groups in total. The smallest absolute Gasteiger partial charge is 0.225 e. The Morgan fingerprint density at radius 1 is 1.50 bits per heavy atom. The molecule has 1 saturated heterocycles. The Hall–Kier alpha value is -0.610. The number of likely N-dealkylation sites (tertiary alicyclic amines) is 1. The number of ether oxygens (including phenoxy) is 1. The topological polar surface area (TPSA) is 49.8 Å². The van der Waals surface area contributed by atoms with Crippen molar-refractivity contribution in [2.45, 2.75) is 43.9 Å². The number of rotatable bonds is 2. The first-order valence-electron chi connectivity index (χ1n) is 5.21. The van der Waals surface area contributed by atoms with Gasteiger partial charge in [-0.2, -0.15) is 0 Å². The van der Waals surface area contributed by atoms with E-state index in [1.807, 2.05) is 4.90 Å². The lowest BCUT2D eigenvalue weighted by Gasteiger charge is -2.23. The van der Waals surface area contributed by atoms with Crippen LogP contribution in [-0.4, -0.2) is 47.8 Å². The van der Waals surface area contributed by atoms with E-state index < -0.39 is 6.10 Å². The fourth-order valence-corrected chi connectivity index (χ4v) is 2.48. The third-order valence-electron chi connectivity index (χ3n) is 3.27. The van der Waals surface area contributed by atoms with Gasteiger partial charge >= 0.3 is 0 Å². The first-order chi connectivity index (χ1) is 6.70. The fourth-order valence-electron chi connectivity index (χ4n) is 2.48. The summed E-state index contributed by atoms with van der Waals surface area (Å²) in [5.41, 5.74) is 0.